The molecule has 0 saturated heterocycles. The van der Waals surface area contributed by atoms with Crippen LogP contribution in [0.4, 0.5) is 11.4 Å². The van der Waals surface area contributed by atoms with E-state index >= 15 is 0 Å². The van der Waals surface area contributed by atoms with Crippen LogP contribution in [0.15, 0.2) is 23.1 Å². The van der Waals surface area contributed by atoms with Gasteiger partial charge in [0.05, 0.1) is 11.4 Å². The number of carbonyl (C=O) groups excluding carboxylic acids is 1. The number of fused-ring (bicyclic) bond motifs is 1. The summed E-state index contributed by atoms with van der Waals surface area (Å²) < 4.78 is 0. The lowest BCUT2D eigenvalue weighted by molar-refractivity contribution is -0.116. The maximum absolute atomic E-state index is 11.7. The first kappa shape index (κ1) is 10.3. The van der Waals surface area contributed by atoms with Crippen LogP contribution in [0.1, 0.15) is 0 Å². The van der Waals surface area contributed by atoms with Gasteiger partial charge in [0.25, 0.3) is 0 Å². The summed E-state index contributed by atoms with van der Waals surface area (Å²) in [6.07, 6.45) is 0. The Morgan fingerprint density at radius 3 is 3.00 bits per heavy atom. The highest BCUT2D eigenvalue weighted by atomic mass is 32.2. The second-order valence-electron chi connectivity index (χ2n) is 3.35. The van der Waals surface area contributed by atoms with E-state index in [4.69, 9.17) is 11.5 Å². The summed E-state index contributed by atoms with van der Waals surface area (Å²) >= 11 is 1.55. The molecule has 0 aliphatic carbocycles. The summed E-state index contributed by atoms with van der Waals surface area (Å²) in [5.41, 5.74) is 12.8. The van der Waals surface area contributed by atoms with Crippen LogP contribution >= 0.6 is 11.8 Å². The lowest BCUT2D eigenvalue weighted by atomic mass is 10.2. The number of nitrogens with two attached hydrogens (primary N) is 2. The van der Waals surface area contributed by atoms with E-state index in [1.807, 2.05) is 18.2 Å². The number of thioether (sulfide) groups is 1. The van der Waals surface area contributed by atoms with Crippen molar-refractivity contribution in [1.82, 2.24) is 0 Å². The molecule has 0 spiro atoms. The van der Waals surface area contributed by atoms with E-state index in [2.05, 4.69) is 0 Å². The van der Waals surface area contributed by atoms with Gasteiger partial charge < -0.3 is 16.4 Å². The molecule has 0 saturated carbocycles. The first-order valence-corrected chi connectivity index (χ1v) is 5.73. The van der Waals surface area contributed by atoms with E-state index in [9.17, 15) is 4.79 Å². The first-order chi connectivity index (χ1) is 7.22. The Morgan fingerprint density at radius 1 is 1.47 bits per heavy atom. The number of nitrogens with zero attached hydrogens (tertiary/aromatic N) is 1. The Hall–Kier alpha value is -1.20. The van der Waals surface area contributed by atoms with E-state index in [0.29, 0.717) is 24.5 Å². The van der Waals surface area contributed by atoms with Crippen LogP contribution in [0.3, 0.4) is 0 Å². The molecule has 2 rings (SSSR count). The van der Waals surface area contributed by atoms with Gasteiger partial charge in [0.1, 0.15) is 0 Å². The highest BCUT2D eigenvalue weighted by Crippen LogP contribution is 2.36. The minimum Gasteiger partial charge on any atom is -0.399 e. The van der Waals surface area contributed by atoms with Crippen molar-refractivity contribution in [3.63, 3.8) is 0 Å². The Bertz CT molecular complexity index is 394. The number of hydrogen-bond acceptors (Lipinski definition) is 4. The Morgan fingerprint density at radius 2 is 2.27 bits per heavy atom. The molecular weight excluding hydrogens is 210 g/mol. The molecule has 0 bridgehead atoms. The summed E-state index contributed by atoms with van der Waals surface area (Å²) in [5, 5.41) is 0. The fourth-order valence-electron chi connectivity index (χ4n) is 1.59. The van der Waals surface area contributed by atoms with Gasteiger partial charge in [-0.15, -0.1) is 11.8 Å². The quantitative estimate of drug-likeness (QED) is 0.723. The highest BCUT2D eigenvalue weighted by molar-refractivity contribution is 8.00. The molecule has 1 amide bonds. The lowest BCUT2D eigenvalue weighted by Crippen LogP contribution is -2.38. The molecule has 15 heavy (non-hydrogen) atoms. The number of amides is 1. The van der Waals surface area contributed by atoms with Gasteiger partial charge in [0.2, 0.25) is 5.91 Å². The first-order valence-electron chi connectivity index (χ1n) is 4.75. The highest BCUT2D eigenvalue weighted by Gasteiger charge is 2.23. The van der Waals surface area contributed by atoms with Crippen molar-refractivity contribution in [2.75, 3.05) is 29.5 Å². The van der Waals surface area contributed by atoms with Crippen molar-refractivity contribution < 1.29 is 4.79 Å². The molecule has 4 nitrogen and oxygen atoms in total. The van der Waals surface area contributed by atoms with Crippen molar-refractivity contribution in [2.24, 2.45) is 5.73 Å². The summed E-state index contributed by atoms with van der Waals surface area (Å²) in [5.74, 6) is 0.584. The number of rotatable bonds is 2. The van der Waals surface area contributed by atoms with Gasteiger partial charge in [0, 0.05) is 23.7 Å². The zero-order chi connectivity index (χ0) is 10.8. The number of hydrogen-bond donors (Lipinski definition) is 2. The van der Waals surface area contributed by atoms with Gasteiger partial charge in [-0.25, -0.2) is 0 Å². The second-order valence-corrected chi connectivity index (χ2v) is 4.37. The van der Waals surface area contributed by atoms with Gasteiger partial charge in [-0.05, 0) is 18.2 Å². The summed E-state index contributed by atoms with van der Waals surface area (Å²) in [6.45, 7) is 1.01. The third-order valence-corrected chi connectivity index (χ3v) is 3.33. The average Bonchev–Trinajstić information content (AvgIpc) is 2.23. The van der Waals surface area contributed by atoms with E-state index in [0.717, 1.165) is 10.6 Å². The fourth-order valence-corrected chi connectivity index (χ4v) is 2.51. The Labute approximate surface area is 92.6 Å². The molecule has 5 heteroatoms. The van der Waals surface area contributed by atoms with Crippen molar-refractivity contribution in [1.29, 1.82) is 0 Å². The van der Waals surface area contributed by atoms with Crippen LogP contribution in [0.25, 0.3) is 0 Å². The standard InChI is InChI=1S/C10H13N3OS/c11-3-4-13-8-5-7(12)1-2-9(8)15-6-10(13)14/h1-2,5H,3-4,6,11-12H2. The number of benzene rings is 1. The SMILES string of the molecule is NCCN1C(=O)CSc2ccc(N)cc21. The predicted molar refractivity (Wildman–Crippen MR) is 63.0 cm³/mol. The maximum Gasteiger partial charge on any atom is 0.237 e. The number of anilines is 2. The van der Waals surface area contributed by atoms with Gasteiger partial charge in [-0.2, -0.15) is 0 Å². The van der Waals surface area contributed by atoms with Gasteiger partial charge in [0.15, 0.2) is 0 Å². The molecule has 0 unspecified atom stereocenters. The van der Waals surface area contributed by atoms with Crippen LogP contribution in [0.2, 0.25) is 0 Å². The maximum atomic E-state index is 11.7. The third-order valence-electron chi connectivity index (χ3n) is 2.28. The van der Waals surface area contributed by atoms with Crippen LogP contribution < -0.4 is 16.4 Å². The predicted octanol–water partition coefficient (Wildman–Crippen LogP) is 0.666. The zero-order valence-electron chi connectivity index (χ0n) is 8.27. The van der Waals surface area contributed by atoms with Crippen molar-refractivity contribution in [2.45, 2.75) is 4.90 Å². The van der Waals surface area contributed by atoms with Gasteiger partial charge in [-0.1, -0.05) is 0 Å². The molecule has 1 aliphatic rings. The lowest BCUT2D eigenvalue weighted by Gasteiger charge is -2.28. The van der Waals surface area contributed by atoms with Crippen molar-refractivity contribution in [3.05, 3.63) is 18.2 Å². The van der Waals surface area contributed by atoms with Crippen LogP contribution in [-0.2, 0) is 4.79 Å². The molecule has 1 aromatic rings. The molecule has 0 atom stereocenters. The molecule has 4 N–H and O–H groups in total. The minimum atomic E-state index is 0.101. The fraction of sp³-hybridized carbons (Fsp3) is 0.300. The largest absolute Gasteiger partial charge is 0.399 e. The minimum absolute atomic E-state index is 0.101. The second kappa shape index (κ2) is 4.12. The molecule has 1 aromatic carbocycles. The van der Waals surface area contributed by atoms with Crippen LogP contribution in [0, 0.1) is 0 Å². The molecule has 1 heterocycles. The molecule has 80 valence electrons. The summed E-state index contributed by atoms with van der Waals surface area (Å²) in [6, 6.07) is 5.63. The smallest absolute Gasteiger partial charge is 0.237 e. The van der Waals surface area contributed by atoms with E-state index in [-0.39, 0.29) is 5.91 Å². The van der Waals surface area contributed by atoms with E-state index in [1.165, 1.54) is 0 Å². The third kappa shape index (κ3) is 1.93. The monoisotopic (exact) mass is 223 g/mol. The molecule has 0 radical (unpaired) electrons. The number of nitrogen functional groups attached to an aromatic ring is 1. The molecular formula is C10H13N3OS. The van der Waals surface area contributed by atoms with Crippen LogP contribution in [-0.4, -0.2) is 24.7 Å². The van der Waals surface area contributed by atoms with Crippen molar-refractivity contribution in [3.8, 4) is 0 Å². The van der Waals surface area contributed by atoms with Gasteiger partial charge >= 0.3 is 0 Å². The number of carbonyl (C=O) groups is 1. The Kier molecular flexibility index (Phi) is 2.83. The summed E-state index contributed by atoms with van der Waals surface area (Å²) in [7, 11) is 0. The molecule has 0 aromatic heterocycles. The zero-order valence-corrected chi connectivity index (χ0v) is 9.09. The normalized spacial score (nSPS) is 15.3. The van der Waals surface area contributed by atoms with Crippen molar-refractivity contribution >= 4 is 29.0 Å². The van der Waals surface area contributed by atoms with E-state index in [1.54, 1.807) is 16.7 Å². The Balaban J connectivity index is 2.41. The average molecular weight is 223 g/mol. The molecule has 0 fully saturated rings. The van der Waals surface area contributed by atoms with Gasteiger partial charge in [-0.3, -0.25) is 4.79 Å². The topological polar surface area (TPSA) is 72.3 Å². The molecule has 1 aliphatic heterocycles. The van der Waals surface area contributed by atoms with E-state index < -0.39 is 0 Å². The summed E-state index contributed by atoms with van der Waals surface area (Å²) in [4.78, 5) is 14.5. The van der Waals surface area contributed by atoms with Crippen LogP contribution in [0.5, 0.6) is 0 Å².